The zero-order chi connectivity index (χ0) is 22.0. The largest absolute Gasteiger partial charge is 0.508 e. The summed E-state index contributed by atoms with van der Waals surface area (Å²) in [7, 11) is 0. The molecule has 1 aromatic carbocycles. The predicted octanol–water partition coefficient (Wildman–Crippen LogP) is 2.74. The van der Waals surface area contributed by atoms with Gasteiger partial charge in [-0.1, -0.05) is 12.1 Å². The molecule has 3 aromatic heterocycles. The van der Waals surface area contributed by atoms with Crippen LogP contribution in [0.25, 0.3) is 5.52 Å². The van der Waals surface area contributed by atoms with Gasteiger partial charge < -0.3 is 20.9 Å². The quantitative estimate of drug-likeness (QED) is 0.431. The van der Waals surface area contributed by atoms with Crippen molar-refractivity contribution >= 4 is 17.2 Å². The summed E-state index contributed by atoms with van der Waals surface area (Å²) < 4.78 is 7.70. The zero-order valence-corrected chi connectivity index (χ0v) is 16.9. The van der Waals surface area contributed by atoms with Crippen LogP contribution >= 0.6 is 0 Å². The van der Waals surface area contributed by atoms with E-state index < -0.39 is 6.04 Å². The topological polar surface area (TPSA) is 147 Å². The van der Waals surface area contributed by atoms with Gasteiger partial charge in [-0.2, -0.15) is 15.3 Å². The van der Waals surface area contributed by atoms with Crippen LogP contribution in [-0.4, -0.2) is 29.7 Å². The number of phenolic OH excluding ortho intramolecular Hbond substituents is 1. The fourth-order valence-corrected chi connectivity index (χ4v) is 3.13. The summed E-state index contributed by atoms with van der Waals surface area (Å²) in [5.41, 5.74) is 8.45. The van der Waals surface area contributed by atoms with Gasteiger partial charge >= 0.3 is 0 Å². The van der Waals surface area contributed by atoms with Crippen LogP contribution in [0.1, 0.15) is 35.5 Å². The van der Waals surface area contributed by atoms with Gasteiger partial charge in [0.05, 0.1) is 6.04 Å². The van der Waals surface area contributed by atoms with Gasteiger partial charge in [-0.3, -0.25) is 0 Å². The Morgan fingerprint density at radius 2 is 2.16 bits per heavy atom. The van der Waals surface area contributed by atoms with E-state index in [2.05, 4.69) is 25.4 Å². The number of nitrogens with two attached hydrogens (primary N) is 1. The van der Waals surface area contributed by atoms with Crippen molar-refractivity contribution in [2.45, 2.75) is 26.5 Å². The van der Waals surface area contributed by atoms with Crippen molar-refractivity contribution in [3.05, 3.63) is 65.4 Å². The van der Waals surface area contributed by atoms with Crippen molar-refractivity contribution in [3.63, 3.8) is 0 Å². The SMILES string of the molecule is Cc1ccn2nc(C(C)Nc3ncnc(N)c3C#N)nc(OCc3cccc(O)c3)c12. The molecule has 3 heterocycles. The predicted molar refractivity (Wildman–Crippen MR) is 113 cm³/mol. The Labute approximate surface area is 178 Å². The van der Waals surface area contributed by atoms with Crippen molar-refractivity contribution < 1.29 is 9.84 Å². The van der Waals surface area contributed by atoms with E-state index in [1.807, 2.05) is 38.2 Å². The standard InChI is InChI=1S/C21H20N8O2/c1-12-6-7-29-17(12)21(31-10-14-4-3-5-15(30)8-14)27-19(28-29)13(2)26-20-16(9-22)18(23)24-11-25-20/h3-8,11,13,30H,10H2,1-2H3,(H3,23,24,25,26). The maximum atomic E-state index is 9.68. The molecule has 0 bridgehead atoms. The van der Waals surface area contributed by atoms with Crippen molar-refractivity contribution in [1.82, 2.24) is 24.6 Å². The monoisotopic (exact) mass is 416 g/mol. The molecule has 0 spiro atoms. The second-order valence-electron chi connectivity index (χ2n) is 6.99. The van der Waals surface area contributed by atoms with Gasteiger partial charge in [0.15, 0.2) is 5.82 Å². The number of nitrogens with zero attached hydrogens (tertiary/aromatic N) is 6. The van der Waals surface area contributed by atoms with Crippen LogP contribution in [0.15, 0.2) is 42.9 Å². The molecule has 0 aliphatic carbocycles. The molecule has 10 heteroatoms. The number of nitriles is 1. The van der Waals surface area contributed by atoms with E-state index in [4.69, 9.17) is 10.5 Å². The minimum absolute atomic E-state index is 0.0970. The van der Waals surface area contributed by atoms with Crippen LogP contribution in [-0.2, 0) is 6.61 Å². The number of phenols is 1. The minimum atomic E-state index is -0.406. The average Bonchev–Trinajstić information content (AvgIpc) is 3.13. The van der Waals surface area contributed by atoms with Gasteiger partial charge in [0.2, 0.25) is 5.88 Å². The second kappa shape index (κ2) is 8.16. The molecule has 4 rings (SSSR count). The number of nitrogens with one attached hydrogen (secondary N) is 1. The first-order valence-corrected chi connectivity index (χ1v) is 9.50. The van der Waals surface area contributed by atoms with Crippen molar-refractivity contribution in [1.29, 1.82) is 5.26 Å². The number of aromatic hydroxyl groups is 1. The molecule has 0 radical (unpaired) electrons. The number of nitrogen functional groups attached to an aromatic ring is 1. The van der Waals surface area contributed by atoms with Crippen LogP contribution in [0.5, 0.6) is 11.6 Å². The number of fused-ring (bicyclic) bond motifs is 1. The number of aromatic nitrogens is 5. The lowest BCUT2D eigenvalue weighted by molar-refractivity contribution is 0.293. The summed E-state index contributed by atoms with van der Waals surface area (Å²) in [5.74, 6) is 1.42. The van der Waals surface area contributed by atoms with Crippen LogP contribution in [0.4, 0.5) is 11.6 Å². The van der Waals surface area contributed by atoms with Crippen LogP contribution in [0.3, 0.4) is 0 Å². The van der Waals surface area contributed by atoms with E-state index in [9.17, 15) is 10.4 Å². The average molecular weight is 416 g/mol. The Morgan fingerprint density at radius 1 is 1.32 bits per heavy atom. The zero-order valence-electron chi connectivity index (χ0n) is 16.9. The van der Waals surface area contributed by atoms with E-state index in [0.717, 1.165) is 16.6 Å². The van der Waals surface area contributed by atoms with Crippen molar-refractivity contribution in [3.8, 4) is 17.7 Å². The Kier molecular flexibility index (Phi) is 5.24. The molecule has 10 nitrogen and oxygen atoms in total. The highest BCUT2D eigenvalue weighted by molar-refractivity contribution is 5.63. The second-order valence-corrected chi connectivity index (χ2v) is 6.99. The number of benzene rings is 1. The highest BCUT2D eigenvalue weighted by Gasteiger charge is 2.19. The maximum Gasteiger partial charge on any atom is 0.242 e. The fraction of sp³-hybridized carbons (Fsp3) is 0.190. The lowest BCUT2D eigenvalue weighted by Gasteiger charge is -2.16. The molecule has 0 aliphatic rings. The van der Waals surface area contributed by atoms with E-state index in [1.165, 1.54) is 6.33 Å². The molecule has 0 aliphatic heterocycles. The van der Waals surface area contributed by atoms with Gasteiger partial charge in [0, 0.05) is 6.20 Å². The Balaban J connectivity index is 1.66. The molecule has 4 N–H and O–H groups in total. The Morgan fingerprint density at radius 3 is 2.94 bits per heavy atom. The van der Waals surface area contributed by atoms with E-state index in [0.29, 0.717) is 17.5 Å². The maximum absolute atomic E-state index is 9.68. The van der Waals surface area contributed by atoms with Gasteiger partial charge in [0.1, 0.15) is 47.5 Å². The third kappa shape index (κ3) is 4.02. The minimum Gasteiger partial charge on any atom is -0.508 e. The lowest BCUT2D eigenvalue weighted by atomic mass is 10.2. The van der Waals surface area contributed by atoms with Gasteiger partial charge in [-0.25, -0.2) is 14.5 Å². The summed E-state index contributed by atoms with van der Waals surface area (Å²) in [5, 5.41) is 26.7. The number of anilines is 2. The number of hydrogen-bond donors (Lipinski definition) is 3. The molecule has 1 unspecified atom stereocenters. The summed E-state index contributed by atoms with van der Waals surface area (Å²) >= 11 is 0. The fourth-order valence-electron chi connectivity index (χ4n) is 3.13. The first-order chi connectivity index (χ1) is 15.0. The van der Waals surface area contributed by atoms with Gasteiger partial charge in [-0.05, 0) is 43.2 Å². The molecule has 156 valence electrons. The summed E-state index contributed by atoms with van der Waals surface area (Å²) in [4.78, 5) is 12.6. The molecule has 0 fully saturated rings. The normalized spacial score (nSPS) is 11.8. The van der Waals surface area contributed by atoms with Crippen LogP contribution in [0, 0.1) is 18.3 Å². The third-order valence-electron chi connectivity index (χ3n) is 4.71. The van der Waals surface area contributed by atoms with Crippen molar-refractivity contribution in [2.24, 2.45) is 0 Å². The Hall–Kier alpha value is -4.39. The van der Waals surface area contributed by atoms with E-state index in [-0.39, 0.29) is 23.7 Å². The van der Waals surface area contributed by atoms with Gasteiger partial charge in [-0.15, -0.1) is 0 Å². The summed E-state index contributed by atoms with van der Waals surface area (Å²) in [6.45, 7) is 4.02. The van der Waals surface area contributed by atoms with Crippen molar-refractivity contribution in [2.75, 3.05) is 11.1 Å². The van der Waals surface area contributed by atoms with Crippen LogP contribution < -0.4 is 15.8 Å². The number of hydrogen-bond acceptors (Lipinski definition) is 9. The summed E-state index contributed by atoms with van der Waals surface area (Å²) in [6.07, 6.45) is 3.11. The third-order valence-corrected chi connectivity index (χ3v) is 4.71. The number of ether oxygens (including phenoxy) is 1. The molecule has 0 amide bonds. The van der Waals surface area contributed by atoms with E-state index >= 15 is 0 Å². The molecule has 4 aromatic rings. The highest BCUT2D eigenvalue weighted by atomic mass is 16.5. The number of aryl methyl sites for hydroxylation is 1. The molecule has 1 atom stereocenters. The van der Waals surface area contributed by atoms with E-state index in [1.54, 1.807) is 22.7 Å². The first kappa shape index (κ1) is 19.9. The lowest BCUT2D eigenvalue weighted by Crippen LogP contribution is -2.16. The highest BCUT2D eigenvalue weighted by Crippen LogP contribution is 2.26. The van der Waals surface area contributed by atoms with Crippen LogP contribution in [0.2, 0.25) is 0 Å². The number of rotatable bonds is 6. The molecule has 31 heavy (non-hydrogen) atoms. The smallest absolute Gasteiger partial charge is 0.242 e. The Bertz CT molecular complexity index is 1290. The molecular weight excluding hydrogens is 396 g/mol. The molecule has 0 saturated heterocycles. The summed E-state index contributed by atoms with van der Waals surface area (Å²) in [6, 6.07) is 10.4. The first-order valence-electron chi connectivity index (χ1n) is 9.50. The molecule has 0 saturated carbocycles. The van der Waals surface area contributed by atoms with Gasteiger partial charge in [0.25, 0.3) is 0 Å². The molecular formula is C21H20N8O2.